The highest BCUT2D eigenvalue weighted by Gasteiger charge is 2.71. The lowest BCUT2D eigenvalue weighted by atomic mass is 9.80. The SMILES string of the molecule is COC(=O)[C@]1(C)[C@@H]2C(=O)N(C)C(=O)[C@@H]2[C@H](c2ccccc2I)N1C(=S)NC(=O)c1ccccc1. The molecule has 2 aromatic carbocycles. The van der Waals surface area contributed by atoms with Crippen molar-refractivity contribution in [1.29, 1.82) is 0 Å². The van der Waals surface area contributed by atoms with Crippen molar-refractivity contribution in [2.75, 3.05) is 14.2 Å². The number of rotatable bonds is 3. The lowest BCUT2D eigenvalue weighted by Crippen LogP contribution is -2.60. The minimum Gasteiger partial charge on any atom is -0.467 e. The summed E-state index contributed by atoms with van der Waals surface area (Å²) in [5.74, 6) is -4.00. The van der Waals surface area contributed by atoms with Gasteiger partial charge in [-0.15, -0.1) is 0 Å². The van der Waals surface area contributed by atoms with Gasteiger partial charge in [-0.25, -0.2) is 4.79 Å². The first kappa shape index (κ1) is 24.3. The van der Waals surface area contributed by atoms with Crippen LogP contribution in [-0.4, -0.2) is 58.3 Å². The number of fused-ring (bicyclic) bond motifs is 1. The minimum atomic E-state index is -1.62. The Balaban J connectivity index is 1.87. The summed E-state index contributed by atoms with van der Waals surface area (Å²) in [4.78, 5) is 55.3. The number of nitrogens with one attached hydrogen (secondary N) is 1. The molecule has 0 bridgehead atoms. The van der Waals surface area contributed by atoms with Gasteiger partial charge in [0.05, 0.1) is 25.0 Å². The zero-order valence-corrected chi connectivity index (χ0v) is 21.6. The number of halogens is 1. The Bertz CT molecular complexity index is 1210. The molecule has 2 aliphatic rings. The van der Waals surface area contributed by atoms with Crippen LogP contribution in [0.3, 0.4) is 0 Å². The number of methoxy groups -OCH3 is 1. The van der Waals surface area contributed by atoms with Crippen LogP contribution in [0, 0.1) is 15.4 Å². The Morgan fingerprint density at radius 2 is 1.68 bits per heavy atom. The van der Waals surface area contributed by atoms with Crippen LogP contribution in [0.25, 0.3) is 0 Å². The van der Waals surface area contributed by atoms with Crippen LogP contribution in [0.2, 0.25) is 0 Å². The van der Waals surface area contributed by atoms with Crippen molar-refractivity contribution in [1.82, 2.24) is 15.1 Å². The standard InChI is InChI=1S/C24H22IN3O5S/c1-24(22(32)33-3)17-16(20(30)27(2)21(17)31)18(14-11-7-8-12-15(14)25)28(24)23(34)26-19(29)13-9-5-4-6-10-13/h4-12,16-18H,1-3H3,(H,26,29,34)/t16-,17-,18-,24-/m0/s1. The van der Waals surface area contributed by atoms with Crippen LogP contribution in [-0.2, 0) is 19.1 Å². The third-order valence-corrected chi connectivity index (χ3v) is 7.87. The van der Waals surface area contributed by atoms with E-state index in [9.17, 15) is 19.2 Å². The van der Waals surface area contributed by atoms with Gasteiger partial charge in [-0.1, -0.05) is 36.4 Å². The number of nitrogens with zero attached hydrogens (tertiary/aromatic N) is 2. The number of carbonyl (C=O) groups excluding carboxylic acids is 4. The van der Waals surface area contributed by atoms with E-state index >= 15 is 0 Å². The fourth-order valence-electron chi connectivity index (χ4n) is 4.98. The Morgan fingerprint density at radius 1 is 1.06 bits per heavy atom. The maximum atomic E-state index is 13.3. The van der Waals surface area contributed by atoms with Crippen molar-refractivity contribution in [2.24, 2.45) is 11.8 Å². The number of hydrogen-bond donors (Lipinski definition) is 1. The number of esters is 1. The minimum absolute atomic E-state index is 0.0657. The maximum absolute atomic E-state index is 13.3. The second-order valence-electron chi connectivity index (χ2n) is 8.34. The van der Waals surface area contributed by atoms with Crippen molar-refractivity contribution in [3.8, 4) is 0 Å². The van der Waals surface area contributed by atoms with Crippen LogP contribution in [0.4, 0.5) is 0 Å². The van der Waals surface area contributed by atoms with E-state index in [0.29, 0.717) is 5.56 Å². The molecule has 0 aliphatic carbocycles. The van der Waals surface area contributed by atoms with Crippen LogP contribution in [0.5, 0.6) is 0 Å². The topological polar surface area (TPSA) is 96.0 Å². The molecule has 4 atom stereocenters. The monoisotopic (exact) mass is 591 g/mol. The zero-order valence-electron chi connectivity index (χ0n) is 18.7. The molecule has 2 aliphatic heterocycles. The number of thiocarbonyl (C=S) groups is 1. The number of amides is 3. The highest BCUT2D eigenvalue weighted by Crippen LogP contribution is 2.55. The average Bonchev–Trinajstić information content (AvgIpc) is 3.24. The Morgan fingerprint density at radius 3 is 2.29 bits per heavy atom. The lowest BCUT2D eigenvalue weighted by molar-refractivity contribution is -0.157. The summed E-state index contributed by atoms with van der Waals surface area (Å²) in [5.41, 5.74) is -0.526. The fraction of sp³-hybridized carbons (Fsp3) is 0.292. The normalized spacial score (nSPS) is 25.8. The molecule has 3 amide bonds. The maximum Gasteiger partial charge on any atom is 0.332 e. The molecular formula is C24H22IN3O5S. The summed E-state index contributed by atoms with van der Waals surface area (Å²) in [6.07, 6.45) is 0. The fourth-order valence-corrected chi connectivity index (χ4v) is 6.08. The Hall–Kier alpha value is -2.86. The molecule has 10 heteroatoms. The van der Waals surface area contributed by atoms with Gasteiger partial charge in [0, 0.05) is 16.2 Å². The summed E-state index contributed by atoms with van der Waals surface area (Å²) < 4.78 is 5.94. The van der Waals surface area contributed by atoms with E-state index in [1.807, 2.05) is 24.3 Å². The molecular weight excluding hydrogens is 569 g/mol. The summed E-state index contributed by atoms with van der Waals surface area (Å²) >= 11 is 7.80. The molecule has 0 unspecified atom stereocenters. The van der Waals surface area contributed by atoms with Gasteiger partial charge in [-0.3, -0.25) is 24.6 Å². The third kappa shape index (κ3) is 3.59. The Kier molecular flexibility index (Phi) is 6.47. The molecule has 176 valence electrons. The van der Waals surface area contributed by atoms with Gasteiger partial charge < -0.3 is 9.64 Å². The van der Waals surface area contributed by atoms with Crippen LogP contribution >= 0.6 is 34.8 Å². The molecule has 0 radical (unpaired) electrons. The summed E-state index contributed by atoms with van der Waals surface area (Å²) in [6, 6.07) is 15.1. The number of likely N-dealkylation sites (tertiary alicyclic amines) is 2. The van der Waals surface area contributed by atoms with E-state index in [1.54, 1.807) is 30.3 Å². The van der Waals surface area contributed by atoms with E-state index in [1.165, 1.54) is 26.0 Å². The van der Waals surface area contributed by atoms with E-state index in [2.05, 4.69) is 27.9 Å². The van der Waals surface area contributed by atoms with Crippen molar-refractivity contribution in [2.45, 2.75) is 18.5 Å². The van der Waals surface area contributed by atoms with E-state index in [4.69, 9.17) is 17.0 Å². The predicted octanol–water partition coefficient (Wildman–Crippen LogP) is 2.53. The molecule has 34 heavy (non-hydrogen) atoms. The summed E-state index contributed by atoms with van der Waals surface area (Å²) in [7, 11) is 2.63. The first-order valence-electron chi connectivity index (χ1n) is 10.5. The second kappa shape index (κ2) is 9.06. The highest BCUT2D eigenvalue weighted by molar-refractivity contribution is 14.1. The van der Waals surface area contributed by atoms with E-state index in [-0.39, 0.29) is 5.11 Å². The predicted molar refractivity (Wildman–Crippen MR) is 135 cm³/mol. The van der Waals surface area contributed by atoms with Gasteiger partial charge >= 0.3 is 5.97 Å². The number of imide groups is 1. The lowest BCUT2D eigenvalue weighted by Gasteiger charge is -2.40. The molecule has 0 aromatic heterocycles. The molecule has 2 fully saturated rings. The van der Waals surface area contributed by atoms with Gasteiger partial charge in [0.2, 0.25) is 11.8 Å². The highest BCUT2D eigenvalue weighted by atomic mass is 127. The van der Waals surface area contributed by atoms with Crippen molar-refractivity contribution in [3.63, 3.8) is 0 Å². The van der Waals surface area contributed by atoms with Crippen LogP contribution < -0.4 is 5.32 Å². The molecule has 4 rings (SSSR count). The molecule has 0 spiro atoms. The number of carbonyl (C=O) groups is 4. The number of benzene rings is 2. The van der Waals surface area contributed by atoms with E-state index < -0.39 is 47.1 Å². The molecule has 2 saturated heterocycles. The van der Waals surface area contributed by atoms with Crippen molar-refractivity contribution in [3.05, 3.63) is 69.3 Å². The summed E-state index contributed by atoms with van der Waals surface area (Å²) in [6.45, 7) is 1.54. The average molecular weight is 591 g/mol. The second-order valence-corrected chi connectivity index (χ2v) is 9.89. The quantitative estimate of drug-likeness (QED) is 0.254. The number of ether oxygens (including phenoxy) is 1. The molecule has 0 saturated carbocycles. The van der Waals surface area contributed by atoms with Crippen molar-refractivity contribution < 1.29 is 23.9 Å². The van der Waals surface area contributed by atoms with Gasteiger partial charge in [0.15, 0.2) is 5.11 Å². The smallest absolute Gasteiger partial charge is 0.332 e. The Labute approximate surface area is 215 Å². The van der Waals surface area contributed by atoms with Crippen LogP contribution in [0.15, 0.2) is 54.6 Å². The van der Waals surface area contributed by atoms with Crippen molar-refractivity contribution >= 4 is 63.6 Å². The first-order chi connectivity index (χ1) is 16.1. The largest absolute Gasteiger partial charge is 0.467 e. The molecule has 8 nitrogen and oxygen atoms in total. The van der Waals surface area contributed by atoms with Gasteiger partial charge in [0.25, 0.3) is 5.91 Å². The zero-order chi connectivity index (χ0) is 24.8. The van der Waals surface area contributed by atoms with Gasteiger partial charge in [0.1, 0.15) is 5.54 Å². The summed E-state index contributed by atoms with van der Waals surface area (Å²) in [5, 5.41) is 2.63. The molecule has 1 N–H and O–H groups in total. The third-order valence-electron chi connectivity index (χ3n) is 6.59. The number of hydrogen-bond acceptors (Lipinski definition) is 6. The first-order valence-corrected chi connectivity index (χ1v) is 12.0. The van der Waals surface area contributed by atoms with Gasteiger partial charge in [-0.2, -0.15) is 0 Å². The van der Waals surface area contributed by atoms with Crippen LogP contribution in [0.1, 0.15) is 28.9 Å². The molecule has 2 aromatic rings. The molecule has 2 heterocycles. The van der Waals surface area contributed by atoms with E-state index in [0.717, 1.165) is 14.0 Å². The van der Waals surface area contributed by atoms with Gasteiger partial charge in [-0.05, 0) is 65.5 Å².